The van der Waals surface area contributed by atoms with Gasteiger partial charge < -0.3 is 14.3 Å². The molecule has 0 aromatic carbocycles. The van der Waals surface area contributed by atoms with Crippen LogP contribution in [-0.4, -0.2) is 35.7 Å². The van der Waals surface area contributed by atoms with Crippen molar-refractivity contribution in [1.82, 2.24) is 24.5 Å². The van der Waals surface area contributed by atoms with Gasteiger partial charge in [-0.1, -0.05) is 18.7 Å². The zero-order chi connectivity index (χ0) is 19.6. The fourth-order valence-electron chi connectivity index (χ4n) is 2.65. The van der Waals surface area contributed by atoms with Crippen molar-refractivity contribution >= 4 is 23.5 Å². The molecule has 3 aromatic heterocycles. The van der Waals surface area contributed by atoms with Crippen molar-refractivity contribution in [2.75, 3.05) is 5.32 Å². The summed E-state index contributed by atoms with van der Waals surface area (Å²) in [5.74, 6) is 2.10. The van der Waals surface area contributed by atoms with Crippen LogP contribution in [0.15, 0.2) is 34.2 Å². The van der Waals surface area contributed by atoms with Crippen molar-refractivity contribution in [1.29, 1.82) is 0 Å². The van der Waals surface area contributed by atoms with Crippen LogP contribution < -0.4 is 5.32 Å². The second-order valence-electron chi connectivity index (χ2n) is 6.42. The van der Waals surface area contributed by atoms with E-state index in [2.05, 4.69) is 34.5 Å². The van der Waals surface area contributed by atoms with Crippen LogP contribution >= 0.6 is 11.8 Å². The molecule has 27 heavy (non-hydrogen) atoms. The number of carbonyl (C=O) groups excluding carboxylic acids is 1. The second kappa shape index (κ2) is 7.99. The zero-order valence-electron chi connectivity index (χ0n) is 16.1. The molecule has 0 unspecified atom stereocenters. The SMILES string of the molecule is CC[C@@H](C)n1nccc1NC(=O)[C@@H](C)Sc1nnc(-c2ccoc2C)n1C. The van der Waals surface area contributed by atoms with Crippen LogP contribution in [0.25, 0.3) is 11.4 Å². The van der Waals surface area contributed by atoms with Gasteiger partial charge in [0.2, 0.25) is 5.91 Å². The van der Waals surface area contributed by atoms with E-state index in [1.54, 1.807) is 12.5 Å². The standard InChI is InChI=1S/C18H24N6O2S/c1-6-11(2)24-15(7-9-19-24)20-17(25)13(4)27-18-22-21-16(23(18)5)14-8-10-26-12(14)3/h7-11,13H,6H2,1-5H3,(H,20,25)/t11-,13-/m1/s1. The van der Waals surface area contributed by atoms with E-state index in [0.29, 0.717) is 16.8 Å². The number of hydrogen-bond acceptors (Lipinski definition) is 6. The Labute approximate surface area is 162 Å². The minimum atomic E-state index is -0.341. The number of nitrogens with one attached hydrogen (secondary N) is 1. The average molecular weight is 388 g/mol. The molecule has 2 atom stereocenters. The summed E-state index contributed by atoms with van der Waals surface area (Å²) in [7, 11) is 1.88. The highest BCUT2D eigenvalue weighted by atomic mass is 32.2. The van der Waals surface area contributed by atoms with Crippen LogP contribution in [0.2, 0.25) is 0 Å². The van der Waals surface area contributed by atoms with Crippen molar-refractivity contribution in [3.8, 4) is 11.4 Å². The Morgan fingerprint density at radius 2 is 2.11 bits per heavy atom. The van der Waals surface area contributed by atoms with E-state index in [1.165, 1.54) is 11.8 Å². The molecule has 1 amide bonds. The van der Waals surface area contributed by atoms with Gasteiger partial charge in [0.15, 0.2) is 11.0 Å². The third kappa shape index (κ3) is 3.92. The first-order valence-electron chi connectivity index (χ1n) is 8.87. The Bertz CT molecular complexity index is 928. The van der Waals surface area contributed by atoms with E-state index in [0.717, 1.165) is 17.7 Å². The number of aryl methyl sites for hydroxylation is 1. The molecule has 0 spiro atoms. The van der Waals surface area contributed by atoms with Gasteiger partial charge in [-0.05, 0) is 33.3 Å². The van der Waals surface area contributed by atoms with Gasteiger partial charge in [-0.3, -0.25) is 4.79 Å². The van der Waals surface area contributed by atoms with E-state index in [4.69, 9.17) is 4.42 Å². The Morgan fingerprint density at radius 1 is 1.33 bits per heavy atom. The fraction of sp³-hybridized carbons (Fsp3) is 0.444. The Hall–Kier alpha value is -2.55. The second-order valence-corrected chi connectivity index (χ2v) is 7.73. The van der Waals surface area contributed by atoms with Crippen molar-refractivity contribution < 1.29 is 9.21 Å². The first kappa shape index (κ1) is 19.2. The predicted octanol–water partition coefficient (Wildman–Crippen LogP) is 3.67. The van der Waals surface area contributed by atoms with E-state index >= 15 is 0 Å². The number of rotatable bonds is 7. The molecule has 0 aliphatic heterocycles. The van der Waals surface area contributed by atoms with Gasteiger partial charge in [-0.2, -0.15) is 5.10 Å². The molecule has 0 saturated heterocycles. The largest absolute Gasteiger partial charge is 0.469 e. The number of aromatic nitrogens is 5. The average Bonchev–Trinajstić information content (AvgIpc) is 3.36. The lowest BCUT2D eigenvalue weighted by Crippen LogP contribution is -2.25. The smallest absolute Gasteiger partial charge is 0.238 e. The first-order chi connectivity index (χ1) is 12.9. The molecule has 3 heterocycles. The number of anilines is 1. The highest BCUT2D eigenvalue weighted by Crippen LogP contribution is 2.28. The number of amides is 1. The molecule has 0 radical (unpaired) electrons. The van der Waals surface area contributed by atoms with Gasteiger partial charge >= 0.3 is 0 Å². The lowest BCUT2D eigenvalue weighted by Gasteiger charge is -2.16. The maximum atomic E-state index is 12.6. The topological polar surface area (TPSA) is 90.8 Å². The van der Waals surface area contributed by atoms with Gasteiger partial charge in [0.1, 0.15) is 11.6 Å². The van der Waals surface area contributed by atoms with E-state index in [1.807, 2.05) is 42.3 Å². The molecule has 0 saturated carbocycles. The summed E-state index contributed by atoms with van der Waals surface area (Å²) < 4.78 is 9.04. The number of nitrogens with zero attached hydrogens (tertiary/aromatic N) is 5. The molecule has 3 aromatic rings. The van der Waals surface area contributed by atoms with Crippen LogP contribution in [0.5, 0.6) is 0 Å². The molecular weight excluding hydrogens is 364 g/mol. The van der Waals surface area contributed by atoms with Gasteiger partial charge in [-0.15, -0.1) is 10.2 Å². The van der Waals surface area contributed by atoms with E-state index in [9.17, 15) is 4.79 Å². The molecule has 3 rings (SSSR count). The van der Waals surface area contributed by atoms with Crippen LogP contribution in [-0.2, 0) is 11.8 Å². The summed E-state index contributed by atoms with van der Waals surface area (Å²) >= 11 is 1.36. The summed E-state index contributed by atoms with van der Waals surface area (Å²) in [6, 6.07) is 3.89. The van der Waals surface area contributed by atoms with Crippen molar-refractivity contribution in [3.05, 3.63) is 30.4 Å². The molecular formula is C18H24N6O2S. The fourth-order valence-corrected chi connectivity index (χ4v) is 3.46. The van der Waals surface area contributed by atoms with Gasteiger partial charge in [-0.25, -0.2) is 4.68 Å². The quantitative estimate of drug-likeness (QED) is 0.621. The van der Waals surface area contributed by atoms with Gasteiger partial charge in [0.05, 0.1) is 29.3 Å². The van der Waals surface area contributed by atoms with E-state index in [-0.39, 0.29) is 17.2 Å². The molecule has 9 heteroatoms. The summed E-state index contributed by atoms with van der Waals surface area (Å²) in [5, 5.41) is 16.1. The van der Waals surface area contributed by atoms with Gasteiger partial charge in [0.25, 0.3) is 0 Å². The number of hydrogen-bond donors (Lipinski definition) is 1. The summed E-state index contributed by atoms with van der Waals surface area (Å²) in [6.07, 6.45) is 4.26. The molecule has 0 aliphatic carbocycles. The minimum Gasteiger partial charge on any atom is -0.469 e. The lowest BCUT2D eigenvalue weighted by molar-refractivity contribution is -0.115. The monoisotopic (exact) mass is 388 g/mol. The molecule has 0 bridgehead atoms. The predicted molar refractivity (Wildman–Crippen MR) is 105 cm³/mol. The van der Waals surface area contributed by atoms with E-state index < -0.39 is 0 Å². The lowest BCUT2D eigenvalue weighted by atomic mass is 10.2. The summed E-state index contributed by atoms with van der Waals surface area (Å²) in [5.41, 5.74) is 0.895. The molecule has 144 valence electrons. The summed E-state index contributed by atoms with van der Waals surface area (Å²) in [6.45, 7) is 7.89. The van der Waals surface area contributed by atoms with Crippen LogP contribution in [0.4, 0.5) is 5.82 Å². The third-order valence-electron chi connectivity index (χ3n) is 4.52. The Balaban J connectivity index is 1.70. The first-order valence-corrected chi connectivity index (χ1v) is 9.75. The number of carbonyl (C=O) groups is 1. The minimum absolute atomic E-state index is 0.103. The summed E-state index contributed by atoms with van der Waals surface area (Å²) in [4.78, 5) is 12.6. The number of thioether (sulfide) groups is 1. The normalized spacial score (nSPS) is 13.5. The molecule has 0 aliphatic rings. The van der Waals surface area contributed by atoms with Gasteiger partial charge in [0, 0.05) is 13.1 Å². The van der Waals surface area contributed by atoms with Crippen LogP contribution in [0.1, 0.15) is 39.0 Å². The molecule has 8 nitrogen and oxygen atoms in total. The Morgan fingerprint density at radius 3 is 2.78 bits per heavy atom. The maximum Gasteiger partial charge on any atom is 0.238 e. The van der Waals surface area contributed by atoms with Crippen molar-refractivity contribution in [3.63, 3.8) is 0 Å². The Kier molecular flexibility index (Phi) is 5.69. The van der Waals surface area contributed by atoms with Crippen LogP contribution in [0, 0.1) is 6.92 Å². The third-order valence-corrected chi connectivity index (χ3v) is 5.65. The highest BCUT2D eigenvalue weighted by Gasteiger charge is 2.22. The highest BCUT2D eigenvalue weighted by molar-refractivity contribution is 8.00. The van der Waals surface area contributed by atoms with Crippen molar-refractivity contribution in [2.24, 2.45) is 7.05 Å². The van der Waals surface area contributed by atoms with Crippen LogP contribution in [0.3, 0.4) is 0 Å². The maximum absolute atomic E-state index is 12.6. The number of furan rings is 1. The molecule has 0 fully saturated rings. The van der Waals surface area contributed by atoms with Crippen molar-refractivity contribution in [2.45, 2.75) is 50.6 Å². The zero-order valence-corrected chi connectivity index (χ0v) is 16.9. The molecule has 1 N–H and O–H groups in total.